The molecule has 0 aliphatic carbocycles. The average molecular weight is 527 g/mol. The summed E-state index contributed by atoms with van der Waals surface area (Å²) >= 11 is 0. The molecule has 2 aromatic carbocycles. The van der Waals surface area contributed by atoms with Gasteiger partial charge >= 0.3 is 5.97 Å². The first-order valence-corrected chi connectivity index (χ1v) is 13.5. The van der Waals surface area contributed by atoms with Crippen LogP contribution in [0.2, 0.25) is 0 Å². The number of hydrogen-bond acceptors (Lipinski definition) is 5. The predicted octanol–water partition coefficient (Wildman–Crippen LogP) is 5.16. The Morgan fingerprint density at radius 1 is 1.08 bits per heavy atom. The van der Waals surface area contributed by atoms with Crippen LogP contribution in [0.15, 0.2) is 53.8 Å². The number of aromatic carboxylic acids is 1. The second-order valence-electron chi connectivity index (χ2n) is 11.1. The van der Waals surface area contributed by atoms with Crippen molar-refractivity contribution >= 4 is 28.4 Å². The third-order valence-corrected chi connectivity index (χ3v) is 6.54. The molecular formula is C28H38N4O4S. The van der Waals surface area contributed by atoms with Crippen molar-refractivity contribution in [3.8, 4) is 5.69 Å². The van der Waals surface area contributed by atoms with E-state index in [-0.39, 0.29) is 17.0 Å². The molecule has 8 nitrogen and oxygen atoms in total. The maximum atomic E-state index is 13.0. The highest BCUT2D eigenvalue weighted by Crippen LogP contribution is 2.29. The van der Waals surface area contributed by atoms with E-state index < -0.39 is 16.8 Å². The molecule has 0 unspecified atom stereocenters. The van der Waals surface area contributed by atoms with E-state index in [1.807, 2.05) is 19.1 Å². The van der Waals surface area contributed by atoms with Crippen LogP contribution in [0.3, 0.4) is 0 Å². The molecule has 4 N–H and O–H groups in total. The number of carbonyl (C=O) groups excluding carboxylic acids is 1. The van der Waals surface area contributed by atoms with Gasteiger partial charge in [-0.05, 0) is 59.7 Å². The molecule has 1 heterocycles. The number of nitrogens with two attached hydrogens (primary N) is 1. The lowest BCUT2D eigenvalue weighted by Gasteiger charge is -2.21. The Bertz CT molecular complexity index is 1300. The monoisotopic (exact) mass is 526 g/mol. The number of nitrogens with one attached hydrogen (secondary N) is 1. The van der Waals surface area contributed by atoms with E-state index in [1.54, 1.807) is 35.1 Å². The quantitative estimate of drug-likeness (QED) is 0.422. The number of hydrogen-bond donors (Lipinski definition) is 3. The van der Waals surface area contributed by atoms with Crippen molar-refractivity contribution in [2.45, 2.75) is 58.8 Å². The Labute approximate surface area is 221 Å². The van der Waals surface area contributed by atoms with Crippen LogP contribution < -0.4 is 11.1 Å². The van der Waals surface area contributed by atoms with Gasteiger partial charge in [0.2, 0.25) is 0 Å². The standard InChI is InChI=1S/C23H25N3O4S.C5H13N/c1-14-6-7-15(10-19(14)26-12-18(22(28)29)24-13-26)21(27)25-17-11-16(23(2,3)4)8-9-20(17)31(5)30;1-5(2,3)4-6/h6-13H,1-5H3,(H,25,27)(H,28,29);4,6H2,1-3H3/t31-;/m1./s1. The number of carbonyl (C=O) groups is 2. The van der Waals surface area contributed by atoms with Crippen LogP contribution in [0.25, 0.3) is 5.69 Å². The number of amides is 1. The second-order valence-corrected chi connectivity index (χ2v) is 12.5. The first-order chi connectivity index (χ1) is 17.0. The molecule has 0 bridgehead atoms. The molecule has 9 heteroatoms. The summed E-state index contributed by atoms with van der Waals surface area (Å²) in [5.74, 6) is -1.47. The maximum Gasteiger partial charge on any atom is 0.356 e. The highest BCUT2D eigenvalue weighted by atomic mass is 32.2. The largest absolute Gasteiger partial charge is 0.476 e. The van der Waals surface area contributed by atoms with Gasteiger partial charge in [0.25, 0.3) is 5.91 Å². The lowest BCUT2D eigenvalue weighted by Crippen LogP contribution is -2.18. The summed E-state index contributed by atoms with van der Waals surface area (Å²) < 4.78 is 13.8. The van der Waals surface area contributed by atoms with Crippen molar-refractivity contribution in [1.82, 2.24) is 9.55 Å². The number of imidazole rings is 1. The van der Waals surface area contributed by atoms with Crippen LogP contribution in [0.1, 0.15) is 73.5 Å². The zero-order valence-electron chi connectivity index (χ0n) is 22.9. The highest BCUT2D eigenvalue weighted by molar-refractivity contribution is 7.84. The Kier molecular flexibility index (Phi) is 9.57. The van der Waals surface area contributed by atoms with Gasteiger partial charge in [-0.15, -0.1) is 0 Å². The third-order valence-electron chi connectivity index (χ3n) is 5.57. The zero-order valence-corrected chi connectivity index (χ0v) is 23.7. The fraction of sp³-hybridized carbons (Fsp3) is 0.393. The van der Waals surface area contributed by atoms with Crippen molar-refractivity contribution in [2.75, 3.05) is 18.1 Å². The van der Waals surface area contributed by atoms with Crippen molar-refractivity contribution in [1.29, 1.82) is 0 Å². The predicted molar refractivity (Wildman–Crippen MR) is 149 cm³/mol. The number of carboxylic acid groups (broad SMARTS) is 1. The van der Waals surface area contributed by atoms with Gasteiger partial charge in [-0.1, -0.05) is 53.7 Å². The molecule has 3 aromatic rings. The van der Waals surface area contributed by atoms with Gasteiger partial charge < -0.3 is 20.7 Å². The normalized spacial score (nSPS) is 12.4. The zero-order chi connectivity index (χ0) is 28.1. The van der Waals surface area contributed by atoms with E-state index in [2.05, 4.69) is 51.8 Å². The summed E-state index contributed by atoms with van der Waals surface area (Å²) in [6.07, 6.45) is 4.38. The lowest BCUT2D eigenvalue weighted by atomic mass is 9.87. The van der Waals surface area contributed by atoms with Crippen LogP contribution in [0.4, 0.5) is 5.69 Å². The molecule has 0 spiro atoms. The van der Waals surface area contributed by atoms with Gasteiger partial charge in [-0.3, -0.25) is 9.00 Å². The first kappa shape index (κ1) is 29.9. The fourth-order valence-electron chi connectivity index (χ4n) is 3.13. The Morgan fingerprint density at radius 3 is 2.19 bits per heavy atom. The van der Waals surface area contributed by atoms with Crippen LogP contribution in [0, 0.1) is 12.3 Å². The summed E-state index contributed by atoms with van der Waals surface area (Å²) in [5, 5.41) is 12.0. The van der Waals surface area contributed by atoms with Crippen LogP contribution in [0.5, 0.6) is 0 Å². The summed E-state index contributed by atoms with van der Waals surface area (Å²) in [6.45, 7) is 15.2. The number of nitrogens with zero attached hydrogens (tertiary/aromatic N) is 2. The van der Waals surface area contributed by atoms with Gasteiger partial charge in [0.1, 0.15) is 6.33 Å². The van der Waals surface area contributed by atoms with E-state index in [1.165, 1.54) is 12.5 Å². The van der Waals surface area contributed by atoms with Crippen LogP contribution >= 0.6 is 0 Å². The van der Waals surface area contributed by atoms with E-state index in [9.17, 15) is 13.8 Å². The molecule has 0 fully saturated rings. The molecule has 0 aliphatic rings. The maximum absolute atomic E-state index is 13.0. The minimum absolute atomic E-state index is 0.0803. The van der Waals surface area contributed by atoms with Crippen molar-refractivity contribution in [2.24, 2.45) is 11.1 Å². The molecule has 0 saturated carbocycles. The number of carboxylic acids is 1. The minimum atomic E-state index is -1.27. The number of aromatic nitrogens is 2. The summed E-state index contributed by atoms with van der Waals surface area (Å²) in [7, 11) is -1.27. The van der Waals surface area contributed by atoms with Gasteiger partial charge in [-0.25, -0.2) is 9.78 Å². The fourth-order valence-corrected chi connectivity index (χ4v) is 3.81. The van der Waals surface area contributed by atoms with Crippen LogP contribution in [-0.4, -0.2) is 43.5 Å². The second kappa shape index (κ2) is 11.8. The Morgan fingerprint density at radius 2 is 1.70 bits per heavy atom. The average Bonchev–Trinajstić information content (AvgIpc) is 3.29. The van der Waals surface area contributed by atoms with Gasteiger partial charge in [0.05, 0.1) is 27.1 Å². The van der Waals surface area contributed by atoms with Gasteiger partial charge in [0, 0.05) is 18.0 Å². The van der Waals surface area contributed by atoms with E-state index in [0.29, 0.717) is 27.2 Å². The Hall–Kier alpha value is -3.30. The Balaban J connectivity index is 0.000000717. The molecule has 0 aliphatic heterocycles. The molecule has 3 rings (SSSR count). The number of aryl methyl sites for hydroxylation is 1. The number of benzene rings is 2. The molecule has 1 atom stereocenters. The molecule has 37 heavy (non-hydrogen) atoms. The lowest BCUT2D eigenvalue weighted by molar-refractivity contribution is 0.0690. The summed E-state index contributed by atoms with van der Waals surface area (Å²) in [5.41, 5.74) is 8.83. The smallest absolute Gasteiger partial charge is 0.356 e. The SMILES string of the molecule is CC(C)(C)CN.Cc1ccc(C(=O)Nc2cc(C(C)(C)C)ccc2[S@@](C)=O)cc1-n1cnc(C(=O)O)c1. The third kappa shape index (κ3) is 8.36. The molecule has 1 amide bonds. The van der Waals surface area contributed by atoms with E-state index >= 15 is 0 Å². The molecular weight excluding hydrogens is 488 g/mol. The molecule has 1 aromatic heterocycles. The van der Waals surface area contributed by atoms with Crippen molar-refractivity contribution < 1.29 is 18.9 Å². The number of anilines is 1. The van der Waals surface area contributed by atoms with Gasteiger partial charge in [-0.2, -0.15) is 0 Å². The minimum Gasteiger partial charge on any atom is -0.476 e. The first-order valence-electron chi connectivity index (χ1n) is 11.9. The molecule has 0 radical (unpaired) electrons. The highest BCUT2D eigenvalue weighted by Gasteiger charge is 2.19. The summed E-state index contributed by atoms with van der Waals surface area (Å²) in [6, 6.07) is 10.7. The molecule has 0 saturated heterocycles. The topological polar surface area (TPSA) is 127 Å². The number of rotatable bonds is 5. The van der Waals surface area contributed by atoms with Crippen molar-refractivity contribution in [3.05, 3.63) is 71.3 Å². The summed E-state index contributed by atoms with van der Waals surface area (Å²) in [4.78, 5) is 28.6. The van der Waals surface area contributed by atoms with E-state index in [0.717, 1.165) is 17.7 Å². The van der Waals surface area contributed by atoms with Crippen LogP contribution in [-0.2, 0) is 16.2 Å². The van der Waals surface area contributed by atoms with Crippen molar-refractivity contribution in [3.63, 3.8) is 0 Å². The van der Waals surface area contributed by atoms with Gasteiger partial charge in [0.15, 0.2) is 5.69 Å². The van der Waals surface area contributed by atoms with E-state index in [4.69, 9.17) is 10.8 Å². The molecule has 200 valence electrons.